The van der Waals surface area contributed by atoms with Crippen LogP contribution in [0.5, 0.6) is 5.75 Å². The van der Waals surface area contributed by atoms with Crippen molar-refractivity contribution in [1.29, 1.82) is 0 Å². The van der Waals surface area contributed by atoms with Crippen LogP contribution < -0.4 is 0 Å². The molecule has 0 bridgehead atoms. The van der Waals surface area contributed by atoms with E-state index in [9.17, 15) is 14.3 Å². The minimum Gasteiger partial charge on any atom is -0.506 e. The summed E-state index contributed by atoms with van der Waals surface area (Å²) in [6.07, 6.45) is 4.18. The monoisotopic (exact) mass is 255 g/mol. The van der Waals surface area contributed by atoms with Gasteiger partial charge in [-0.1, -0.05) is 24.4 Å². The van der Waals surface area contributed by atoms with E-state index in [0.29, 0.717) is 12.8 Å². The number of aromatic hydroxyl groups is 1. The first-order valence-electron chi connectivity index (χ1n) is 5.37. The van der Waals surface area contributed by atoms with Crippen LogP contribution in [0, 0.1) is 5.82 Å². The van der Waals surface area contributed by atoms with Gasteiger partial charge in [0.1, 0.15) is 17.1 Å². The molecule has 0 atom stereocenters. The molecule has 2 rings (SSSR count). The van der Waals surface area contributed by atoms with Crippen LogP contribution in [0.4, 0.5) is 4.39 Å². The smallest absolute Gasteiger partial charge is 0.235 e. The minimum atomic E-state index is -0.999. The predicted octanol–water partition coefficient (Wildman–Crippen LogP) is 3.29. The van der Waals surface area contributed by atoms with Gasteiger partial charge in [-0.25, -0.2) is 9.18 Å². The van der Waals surface area contributed by atoms with Crippen LogP contribution in [0.15, 0.2) is 17.1 Å². The van der Waals surface area contributed by atoms with E-state index in [1.807, 2.05) is 0 Å². The average Bonchev–Trinajstić information content (AvgIpc) is 2.74. The SMILES string of the molecule is O=C=NC1(c2c(F)ccc(Cl)c2O)CCCC1. The van der Waals surface area contributed by atoms with Crippen LogP contribution in [0.1, 0.15) is 31.2 Å². The third-order valence-electron chi connectivity index (χ3n) is 3.23. The summed E-state index contributed by atoms with van der Waals surface area (Å²) in [5, 5.41) is 9.93. The van der Waals surface area contributed by atoms with E-state index < -0.39 is 11.4 Å². The average molecular weight is 256 g/mol. The Bertz CT molecular complexity index is 492. The molecule has 1 aliphatic rings. The molecule has 0 radical (unpaired) electrons. The van der Waals surface area contributed by atoms with E-state index in [4.69, 9.17) is 11.6 Å². The lowest BCUT2D eigenvalue weighted by Gasteiger charge is -2.24. The van der Waals surface area contributed by atoms with Gasteiger partial charge in [0.2, 0.25) is 6.08 Å². The van der Waals surface area contributed by atoms with E-state index >= 15 is 0 Å². The van der Waals surface area contributed by atoms with Crippen LogP contribution >= 0.6 is 11.6 Å². The molecule has 0 aromatic heterocycles. The van der Waals surface area contributed by atoms with Crippen molar-refractivity contribution < 1.29 is 14.3 Å². The molecular formula is C12H11ClFNO2. The normalized spacial score (nSPS) is 17.8. The van der Waals surface area contributed by atoms with Crippen molar-refractivity contribution in [1.82, 2.24) is 0 Å². The third kappa shape index (κ3) is 1.94. The number of phenols is 1. The molecule has 90 valence electrons. The number of isocyanates is 1. The Kier molecular flexibility index (Phi) is 3.18. The van der Waals surface area contributed by atoms with Gasteiger partial charge in [-0.05, 0) is 25.0 Å². The van der Waals surface area contributed by atoms with Gasteiger partial charge in [0.15, 0.2) is 0 Å². The van der Waals surface area contributed by atoms with Gasteiger partial charge < -0.3 is 5.11 Å². The van der Waals surface area contributed by atoms with E-state index in [2.05, 4.69) is 4.99 Å². The molecular weight excluding hydrogens is 245 g/mol. The number of nitrogens with zero attached hydrogens (tertiary/aromatic N) is 1. The molecule has 0 amide bonds. The highest BCUT2D eigenvalue weighted by Crippen LogP contribution is 2.48. The molecule has 0 spiro atoms. The van der Waals surface area contributed by atoms with E-state index in [-0.39, 0.29) is 16.3 Å². The first-order chi connectivity index (χ1) is 8.10. The Balaban J connectivity index is 2.65. The zero-order valence-electron chi connectivity index (χ0n) is 9.04. The summed E-state index contributed by atoms with van der Waals surface area (Å²) >= 11 is 5.77. The maximum absolute atomic E-state index is 13.8. The fourth-order valence-electron chi connectivity index (χ4n) is 2.45. The molecule has 0 saturated heterocycles. The fourth-order valence-corrected chi connectivity index (χ4v) is 2.61. The van der Waals surface area contributed by atoms with Crippen LogP contribution in [-0.2, 0) is 10.3 Å². The van der Waals surface area contributed by atoms with Gasteiger partial charge in [-0.3, -0.25) is 0 Å². The molecule has 0 unspecified atom stereocenters. The number of carbonyl (C=O) groups excluding carboxylic acids is 1. The second-order valence-corrected chi connectivity index (χ2v) is 4.60. The number of halogens is 2. The van der Waals surface area contributed by atoms with E-state index in [1.165, 1.54) is 18.2 Å². The Morgan fingerprint density at radius 3 is 2.65 bits per heavy atom. The van der Waals surface area contributed by atoms with E-state index in [1.54, 1.807) is 0 Å². The van der Waals surface area contributed by atoms with Crippen LogP contribution in [0.2, 0.25) is 5.02 Å². The van der Waals surface area contributed by atoms with E-state index in [0.717, 1.165) is 12.8 Å². The number of rotatable bonds is 2. The molecule has 1 aromatic rings. The largest absolute Gasteiger partial charge is 0.506 e. The van der Waals surface area contributed by atoms with Crippen molar-refractivity contribution in [2.24, 2.45) is 4.99 Å². The molecule has 3 nitrogen and oxygen atoms in total. The van der Waals surface area contributed by atoms with Gasteiger partial charge in [0.05, 0.1) is 10.6 Å². The second-order valence-electron chi connectivity index (χ2n) is 4.19. The van der Waals surface area contributed by atoms with Gasteiger partial charge in [0, 0.05) is 0 Å². The Labute approximate surface area is 103 Å². The molecule has 17 heavy (non-hydrogen) atoms. The third-order valence-corrected chi connectivity index (χ3v) is 3.54. The zero-order valence-corrected chi connectivity index (χ0v) is 9.80. The minimum absolute atomic E-state index is 0.0193. The highest BCUT2D eigenvalue weighted by molar-refractivity contribution is 6.32. The topological polar surface area (TPSA) is 49.7 Å². The summed E-state index contributed by atoms with van der Waals surface area (Å²) < 4.78 is 13.8. The Morgan fingerprint density at radius 1 is 1.41 bits per heavy atom. The lowest BCUT2D eigenvalue weighted by atomic mass is 9.87. The lowest BCUT2D eigenvalue weighted by molar-refractivity contribution is 0.388. The second kappa shape index (κ2) is 4.47. The standard InChI is InChI=1S/C12H11ClFNO2/c13-8-3-4-9(14)10(11(8)17)12(15-7-16)5-1-2-6-12/h3-4,17H,1-2,5-6H2. The summed E-state index contributed by atoms with van der Waals surface area (Å²) in [6.45, 7) is 0. The number of hydrogen-bond acceptors (Lipinski definition) is 3. The zero-order chi connectivity index (χ0) is 12.5. The van der Waals surface area contributed by atoms with Crippen molar-refractivity contribution in [3.05, 3.63) is 28.5 Å². The van der Waals surface area contributed by atoms with Gasteiger partial charge in [0.25, 0.3) is 0 Å². The summed E-state index contributed by atoms with van der Waals surface area (Å²) in [7, 11) is 0. The highest BCUT2D eigenvalue weighted by Gasteiger charge is 2.40. The number of hydrogen-bond donors (Lipinski definition) is 1. The summed E-state index contributed by atoms with van der Waals surface area (Å²) in [4.78, 5) is 14.2. The number of benzene rings is 1. The molecule has 1 saturated carbocycles. The van der Waals surface area contributed by atoms with Crippen LogP contribution in [-0.4, -0.2) is 11.2 Å². The molecule has 1 aromatic carbocycles. The number of aliphatic imine (C=N–C) groups is 1. The quantitative estimate of drug-likeness (QED) is 0.651. The van der Waals surface area contributed by atoms with Crippen molar-refractivity contribution >= 4 is 17.7 Å². The summed E-state index contributed by atoms with van der Waals surface area (Å²) in [5.41, 5.74) is -0.980. The van der Waals surface area contributed by atoms with Crippen LogP contribution in [0.25, 0.3) is 0 Å². The summed E-state index contributed by atoms with van der Waals surface area (Å²) in [5.74, 6) is -0.916. The molecule has 0 heterocycles. The first kappa shape index (κ1) is 12.1. The molecule has 1 N–H and O–H groups in total. The van der Waals surface area contributed by atoms with Gasteiger partial charge in [-0.15, -0.1) is 0 Å². The van der Waals surface area contributed by atoms with Crippen molar-refractivity contribution in [2.45, 2.75) is 31.2 Å². The maximum Gasteiger partial charge on any atom is 0.235 e. The lowest BCUT2D eigenvalue weighted by Crippen LogP contribution is -2.21. The molecule has 1 fully saturated rings. The first-order valence-corrected chi connectivity index (χ1v) is 5.75. The maximum atomic E-state index is 13.8. The van der Waals surface area contributed by atoms with Gasteiger partial charge in [-0.2, -0.15) is 4.99 Å². The van der Waals surface area contributed by atoms with Gasteiger partial charge >= 0.3 is 0 Å². The predicted molar refractivity (Wildman–Crippen MR) is 61.3 cm³/mol. The molecule has 5 heteroatoms. The van der Waals surface area contributed by atoms with Crippen LogP contribution in [0.3, 0.4) is 0 Å². The van der Waals surface area contributed by atoms with Crippen molar-refractivity contribution in [3.8, 4) is 5.75 Å². The Morgan fingerprint density at radius 2 is 2.06 bits per heavy atom. The summed E-state index contributed by atoms with van der Waals surface area (Å²) in [6, 6.07) is 2.46. The molecule has 0 aliphatic heterocycles. The Hall–Kier alpha value is -1.38. The highest BCUT2D eigenvalue weighted by atomic mass is 35.5. The van der Waals surface area contributed by atoms with Crippen molar-refractivity contribution in [2.75, 3.05) is 0 Å². The van der Waals surface area contributed by atoms with Crippen molar-refractivity contribution in [3.63, 3.8) is 0 Å². The molecule has 1 aliphatic carbocycles. The fraction of sp³-hybridized carbons (Fsp3) is 0.417. The number of phenolic OH excluding ortho intramolecular Hbond substituents is 1.